The van der Waals surface area contributed by atoms with Crippen molar-refractivity contribution in [3.63, 3.8) is 0 Å². The smallest absolute Gasteiger partial charge is 0.325 e. The van der Waals surface area contributed by atoms with E-state index < -0.39 is 0 Å². The lowest BCUT2D eigenvalue weighted by molar-refractivity contribution is -0.136. The number of methoxy groups -OCH3 is 1. The largest absolute Gasteiger partial charge is 0.493 e. The number of hydrogen-bond acceptors (Lipinski definition) is 5. The van der Waals surface area contributed by atoms with Crippen molar-refractivity contribution in [2.45, 2.75) is 26.2 Å². The minimum Gasteiger partial charge on any atom is -0.493 e. The highest BCUT2D eigenvalue weighted by molar-refractivity contribution is 5.83. The fourth-order valence-corrected chi connectivity index (χ4v) is 3.08. The number of carbonyl (C=O) groups excluding carboxylic acids is 1. The molecular weight excluding hydrogens is 340 g/mol. The summed E-state index contributed by atoms with van der Waals surface area (Å²) in [6.45, 7) is 4.28. The Balaban J connectivity index is 1.64. The zero-order chi connectivity index (χ0) is 19.1. The van der Waals surface area contributed by atoms with E-state index >= 15 is 0 Å². The van der Waals surface area contributed by atoms with E-state index in [0.29, 0.717) is 18.0 Å². The van der Waals surface area contributed by atoms with Gasteiger partial charge in [-0.3, -0.25) is 14.7 Å². The van der Waals surface area contributed by atoms with Crippen LogP contribution in [0.25, 0.3) is 0 Å². The van der Waals surface area contributed by atoms with Crippen LogP contribution in [-0.4, -0.2) is 43.8 Å². The van der Waals surface area contributed by atoms with Gasteiger partial charge in [0.1, 0.15) is 0 Å². The second-order valence-electron chi connectivity index (χ2n) is 6.81. The Morgan fingerprint density at radius 1 is 1.07 bits per heavy atom. The van der Waals surface area contributed by atoms with Gasteiger partial charge in [-0.2, -0.15) is 0 Å². The first kappa shape index (κ1) is 19.1. The average Bonchev–Trinajstić information content (AvgIpc) is 2.69. The second-order valence-corrected chi connectivity index (χ2v) is 6.81. The molecule has 0 spiro atoms. The fourth-order valence-electron chi connectivity index (χ4n) is 3.08. The van der Waals surface area contributed by atoms with Gasteiger partial charge in [-0.1, -0.05) is 24.1 Å². The molecule has 0 aliphatic carbocycles. The van der Waals surface area contributed by atoms with Crippen molar-refractivity contribution < 1.29 is 14.3 Å². The lowest BCUT2D eigenvalue weighted by atomic mass is 10.1. The van der Waals surface area contributed by atoms with Gasteiger partial charge >= 0.3 is 5.97 Å². The Bertz CT molecular complexity index is 794. The van der Waals surface area contributed by atoms with Crippen LogP contribution < -0.4 is 9.47 Å². The van der Waals surface area contributed by atoms with Crippen molar-refractivity contribution in [3.8, 4) is 11.5 Å². The highest BCUT2D eigenvalue weighted by Gasteiger charge is 2.16. The van der Waals surface area contributed by atoms with E-state index in [-0.39, 0.29) is 5.97 Å². The number of aliphatic imine (C=N–C) groups is 1. The van der Waals surface area contributed by atoms with Gasteiger partial charge in [0.2, 0.25) is 0 Å². The second kappa shape index (κ2) is 9.33. The van der Waals surface area contributed by atoms with Crippen molar-refractivity contribution in [1.29, 1.82) is 0 Å². The summed E-state index contributed by atoms with van der Waals surface area (Å²) in [4.78, 5) is 18.8. The van der Waals surface area contributed by atoms with E-state index in [1.54, 1.807) is 19.4 Å². The van der Waals surface area contributed by atoms with Crippen molar-refractivity contribution in [1.82, 2.24) is 4.90 Å². The van der Waals surface area contributed by atoms with E-state index in [1.807, 2.05) is 43.3 Å². The van der Waals surface area contributed by atoms with Crippen molar-refractivity contribution in [2.75, 3.05) is 26.7 Å². The van der Waals surface area contributed by atoms with Gasteiger partial charge in [0.05, 0.1) is 19.3 Å². The molecule has 2 aromatic carbocycles. The first-order valence-electron chi connectivity index (χ1n) is 9.36. The van der Waals surface area contributed by atoms with Gasteiger partial charge in [0, 0.05) is 6.21 Å². The molecule has 142 valence electrons. The van der Waals surface area contributed by atoms with Crippen LogP contribution in [0.5, 0.6) is 11.5 Å². The van der Waals surface area contributed by atoms with Crippen LogP contribution in [0.3, 0.4) is 0 Å². The lowest BCUT2D eigenvalue weighted by Gasteiger charge is -2.25. The molecule has 5 heteroatoms. The molecule has 0 amide bonds. The van der Waals surface area contributed by atoms with Gasteiger partial charge in [-0.05, 0) is 68.8 Å². The van der Waals surface area contributed by atoms with E-state index in [2.05, 4.69) is 9.89 Å². The number of ether oxygens (including phenoxy) is 2. The maximum absolute atomic E-state index is 12.2. The maximum Gasteiger partial charge on any atom is 0.325 e. The summed E-state index contributed by atoms with van der Waals surface area (Å²) in [6, 6.07) is 13.4. The molecule has 0 aromatic heterocycles. The predicted molar refractivity (Wildman–Crippen MR) is 107 cm³/mol. The topological polar surface area (TPSA) is 51.1 Å². The molecule has 1 aliphatic heterocycles. The van der Waals surface area contributed by atoms with Crippen LogP contribution >= 0.6 is 0 Å². The van der Waals surface area contributed by atoms with Gasteiger partial charge < -0.3 is 9.47 Å². The molecule has 2 aromatic rings. The molecule has 0 N–H and O–H groups in total. The number of piperidine rings is 1. The van der Waals surface area contributed by atoms with Crippen LogP contribution in [0.1, 0.15) is 30.4 Å². The maximum atomic E-state index is 12.2. The van der Waals surface area contributed by atoms with Gasteiger partial charge in [0.25, 0.3) is 0 Å². The zero-order valence-electron chi connectivity index (χ0n) is 16.0. The Morgan fingerprint density at radius 3 is 2.52 bits per heavy atom. The van der Waals surface area contributed by atoms with Crippen LogP contribution in [0.4, 0.5) is 5.69 Å². The van der Waals surface area contributed by atoms with E-state index in [4.69, 9.17) is 9.47 Å². The Hall–Kier alpha value is -2.66. The van der Waals surface area contributed by atoms with Crippen molar-refractivity contribution in [3.05, 3.63) is 53.6 Å². The standard InChI is InChI=1S/C22H26N2O3/c1-17-6-9-19(10-7-17)23-15-18-8-11-20(21(14-18)26-2)27-22(25)16-24-12-4-3-5-13-24/h6-11,14-15H,3-5,12-13,16H2,1-2H3. The number of rotatable bonds is 6. The third-order valence-electron chi connectivity index (χ3n) is 4.61. The number of esters is 1. The van der Waals surface area contributed by atoms with Crippen molar-refractivity contribution in [2.24, 2.45) is 4.99 Å². The van der Waals surface area contributed by atoms with E-state index in [1.165, 1.54) is 12.0 Å². The third kappa shape index (κ3) is 5.66. The number of carbonyl (C=O) groups is 1. The summed E-state index contributed by atoms with van der Waals surface area (Å²) < 4.78 is 10.9. The molecule has 27 heavy (non-hydrogen) atoms. The summed E-state index contributed by atoms with van der Waals surface area (Å²) in [5.41, 5.74) is 2.96. The molecule has 0 bridgehead atoms. The molecule has 0 unspecified atom stereocenters. The number of likely N-dealkylation sites (tertiary alicyclic amines) is 1. The van der Waals surface area contributed by atoms with Gasteiger partial charge in [-0.15, -0.1) is 0 Å². The summed E-state index contributed by atoms with van der Waals surface area (Å²) in [7, 11) is 1.57. The van der Waals surface area contributed by atoms with Crippen LogP contribution in [0.2, 0.25) is 0 Å². The Kier molecular flexibility index (Phi) is 6.60. The molecule has 1 aliphatic rings. The number of hydrogen-bond donors (Lipinski definition) is 0. The van der Waals surface area contributed by atoms with Crippen LogP contribution in [0, 0.1) is 6.92 Å². The van der Waals surface area contributed by atoms with E-state index in [9.17, 15) is 4.79 Å². The molecule has 1 saturated heterocycles. The zero-order valence-corrected chi connectivity index (χ0v) is 16.0. The molecule has 1 heterocycles. The van der Waals surface area contributed by atoms with Gasteiger partial charge in [0.15, 0.2) is 11.5 Å². The van der Waals surface area contributed by atoms with Crippen LogP contribution in [0.15, 0.2) is 47.5 Å². The quantitative estimate of drug-likeness (QED) is 0.438. The molecule has 0 radical (unpaired) electrons. The molecule has 0 atom stereocenters. The summed E-state index contributed by atoms with van der Waals surface area (Å²) >= 11 is 0. The van der Waals surface area contributed by atoms with E-state index in [0.717, 1.165) is 37.2 Å². The van der Waals surface area contributed by atoms with Crippen molar-refractivity contribution >= 4 is 17.9 Å². The molecule has 5 nitrogen and oxygen atoms in total. The highest BCUT2D eigenvalue weighted by Crippen LogP contribution is 2.28. The minimum atomic E-state index is -0.253. The SMILES string of the molecule is COc1cc(C=Nc2ccc(C)cc2)ccc1OC(=O)CN1CCCCC1. The number of aryl methyl sites for hydroxylation is 1. The summed E-state index contributed by atoms with van der Waals surface area (Å²) in [5, 5.41) is 0. The summed E-state index contributed by atoms with van der Waals surface area (Å²) in [6.07, 6.45) is 5.30. The lowest BCUT2D eigenvalue weighted by Crippen LogP contribution is -2.36. The Morgan fingerprint density at radius 2 is 1.81 bits per heavy atom. The normalized spacial score (nSPS) is 15.0. The minimum absolute atomic E-state index is 0.253. The molecule has 0 saturated carbocycles. The average molecular weight is 366 g/mol. The predicted octanol–water partition coefficient (Wildman–Crippen LogP) is 4.15. The monoisotopic (exact) mass is 366 g/mol. The number of benzene rings is 2. The highest BCUT2D eigenvalue weighted by atomic mass is 16.6. The molecule has 1 fully saturated rings. The first-order chi connectivity index (χ1) is 13.1. The third-order valence-corrected chi connectivity index (χ3v) is 4.61. The Labute approximate surface area is 160 Å². The number of nitrogens with zero attached hydrogens (tertiary/aromatic N) is 2. The molecular formula is C22H26N2O3. The molecule has 3 rings (SSSR count). The fraction of sp³-hybridized carbons (Fsp3) is 0.364. The summed E-state index contributed by atoms with van der Waals surface area (Å²) in [5.74, 6) is 0.707. The van der Waals surface area contributed by atoms with Gasteiger partial charge in [-0.25, -0.2) is 0 Å². The first-order valence-corrected chi connectivity index (χ1v) is 9.36. The van der Waals surface area contributed by atoms with Crippen LogP contribution in [-0.2, 0) is 4.79 Å².